The minimum atomic E-state index is -0.994. The standard InChI is InChI=1S/C22H22FN7O2/c1-24-19-7-18(15-9-29(12-10-32-11-12)20-13(15)3-2-6-25-20)27-21-14(8-26-30(19)21)22(31)28-17-5-4-16(17)23/h2-3,6-9,12,16-17,24H,4-5,10-11H2,1H3,(H,28,31)/t16-,17-/m0/s1. The Bertz CT molecular complexity index is 1340. The van der Waals surface area contributed by atoms with Crippen LogP contribution in [0.15, 0.2) is 36.8 Å². The second kappa shape index (κ2) is 7.27. The van der Waals surface area contributed by atoms with Crippen molar-refractivity contribution in [2.75, 3.05) is 25.6 Å². The van der Waals surface area contributed by atoms with Crippen LogP contribution in [-0.4, -0.2) is 62.5 Å². The number of hydrogen-bond acceptors (Lipinski definition) is 6. The molecule has 4 aromatic heterocycles. The van der Waals surface area contributed by atoms with E-state index in [4.69, 9.17) is 9.72 Å². The van der Waals surface area contributed by atoms with Gasteiger partial charge in [0.1, 0.15) is 23.2 Å². The summed E-state index contributed by atoms with van der Waals surface area (Å²) in [7, 11) is 1.79. The molecule has 2 N–H and O–H groups in total. The topological polar surface area (TPSA) is 98.4 Å². The van der Waals surface area contributed by atoms with E-state index in [-0.39, 0.29) is 11.9 Å². The van der Waals surface area contributed by atoms with Crippen LogP contribution in [0.4, 0.5) is 10.2 Å². The molecule has 1 amide bonds. The van der Waals surface area contributed by atoms with Crippen molar-refractivity contribution in [3.63, 3.8) is 0 Å². The maximum absolute atomic E-state index is 13.7. The molecule has 0 aromatic carbocycles. The van der Waals surface area contributed by atoms with Gasteiger partial charge >= 0.3 is 0 Å². The number of hydrogen-bond donors (Lipinski definition) is 2. The minimum Gasteiger partial charge on any atom is -0.377 e. The molecule has 0 bridgehead atoms. The van der Waals surface area contributed by atoms with Gasteiger partial charge < -0.3 is 19.9 Å². The van der Waals surface area contributed by atoms with Crippen LogP contribution < -0.4 is 10.6 Å². The van der Waals surface area contributed by atoms with Crippen LogP contribution in [0.1, 0.15) is 29.2 Å². The number of rotatable bonds is 5. The summed E-state index contributed by atoms with van der Waals surface area (Å²) in [6.07, 6.45) is 5.42. The Morgan fingerprint density at radius 3 is 2.84 bits per heavy atom. The number of nitrogens with zero attached hydrogens (tertiary/aromatic N) is 5. The van der Waals surface area contributed by atoms with Crippen LogP contribution in [0.3, 0.4) is 0 Å². The van der Waals surface area contributed by atoms with Gasteiger partial charge in [-0.3, -0.25) is 4.79 Å². The summed E-state index contributed by atoms with van der Waals surface area (Å²) in [5, 5.41) is 11.2. The van der Waals surface area contributed by atoms with E-state index in [2.05, 4.69) is 25.3 Å². The van der Waals surface area contributed by atoms with Gasteiger partial charge in [0.05, 0.1) is 37.2 Å². The Morgan fingerprint density at radius 1 is 1.28 bits per heavy atom. The lowest BCUT2D eigenvalue weighted by atomic mass is 9.90. The molecule has 0 radical (unpaired) electrons. The van der Waals surface area contributed by atoms with Crippen LogP contribution in [0.2, 0.25) is 0 Å². The molecule has 4 aromatic rings. The summed E-state index contributed by atoms with van der Waals surface area (Å²) >= 11 is 0. The van der Waals surface area contributed by atoms with Crippen LogP contribution in [-0.2, 0) is 4.74 Å². The SMILES string of the molecule is CNc1cc(-c2cn(C3COC3)c3ncccc23)nc2c(C(=O)N[C@H]3CC[C@@H]3F)cnn12. The molecule has 2 aliphatic rings. The zero-order chi connectivity index (χ0) is 21.8. The molecule has 10 heteroatoms. The van der Waals surface area contributed by atoms with Gasteiger partial charge in [-0.2, -0.15) is 9.61 Å². The molecule has 0 spiro atoms. The quantitative estimate of drug-likeness (QED) is 0.500. The Morgan fingerprint density at radius 2 is 2.16 bits per heavy atom. The molecular formula is C22H22FN7O2. The van der Waals surface area contributed by atoms with Gasteiger partial charge in [0.25, 0.3) is 5.91 Å². The lowest BCUT2D eigenvalue weighted by Crippen LogP contribution is -2.48. The second-order valence-corrected chi connectivity index (χ2v) is 8.26. The van der Waals surface area contributed by atoms with Crippen molar-refractivity contribution in [1.29, 1.82) is 0 Å². The molecule has 32 heavy (non-hydrogen) atoms. The van der Waals surface area contributed by atoms with E-state index in [0.717, 1.165) is 16.6 Å². The number of ether oxygens (including phenoxy) is 1. The van der Waals surface area contributed by atoms with Crippen LogP contribution in [0.5, 0.6) is 0 Å². The third kappa shape index (κ3) is 2.86. The van der Waals surface area contributed by atoms with Crippen molar-refractivity contribution in [1.82, 2.24) is 29.5 Å². The maximum atomic E-state index is 13.7. The number of amides is 1. The molecule has 1 aliphatic heterocycles. The van der Waals surface area contributed by atoms with Crippen molar-refractivity contribution in [3.05, 3.63) is 42.4 Å². The summed E-state index contributed by atoms with van der Waals surface area (Å²) < 4.78 is 22.8. The number of alkyl halides is 1. The maximum Gasteiger partial charge on any atom is 0.257 e. The number of carbonyl (C=O) groups excluding carboxylic acids is 1. The summed E-state index contributed by atoms with van der Waals surface area (Å²) in [4.78, 5) is 22.2. The molecule has 2 fully saturated rings. The van der Waals surface area contributed by atoms with E-state index < -0.39 is 12.2 Å². The lowest BCUT2D eigenvalue weighted by Gasteiger charge is -2.30. The Hall–Kier alpha value is -3.53. The predicted molar refractivity (Wildman–Crippen MR) is 117 cm³/mol. The minimum absolute atomic E-state index is 0.237. The third-order valence-corrected chi connectivity index (χ3v) is 6.36. The smallest absolute Gasteiger partial charge is 0.257 e. The Kier molecular flexibility index (Phi) is 4.35. The van der Waals surface area contributed by atoms with Gasteiger partial charge in [-0.25, -0.2) is 14.4 Å². The summed E-state index contributed by atoms with van der Waals surface area (Å²) in [5.74, 6) is 0.322. The van der Waals surface area contributed by atoms with Gasteiger partial charge in [0.15, 0.2) is 5.65 Å². The highest BCUT2D eigenvalue weighted by Gasteiger charge is 2.33. The lowest BCUT2D eigenvalue weighted by molar-refractivity contribution is -0.0215. The molecule has 0 unspecified atom stereocenters. The van der Waals surface area contributed by atoms with E-state index in [0.29, 0.717) is 48.8 Å². The summed E-state index contributed by atoms with van der Waals surface area (Å²) in [6.45, 7) is 1.30. The molecule has 1 saturated heterocycles. The highest BCUT2D eigenvalue weighted by atomic mass is 19.1. The zero-order valence-electron chi connectivity index (χ0n) is 17.5. The molecule has 1 saturated carbocycles. The number of nitrogens with one attached hydrogen (secondary N) is 2. The van der Waals surface area contributed by atoms with Crippen molar-refractivity contribution < 1.29 is 13.9 Å². The van der Waals surface area contributed by atoms with Gasteiger partial charge in [-0.1, -0.05) is 0 Å². The van der Waals surface area contributed by atoms with Crippen LogP contribution in [0, 0.1) is 0 Å². The summed E-state index contributed by atoms with van der Waals surface area (Å²) in [5.41, 5.74) is 3.20. The van der Waals surface area contributed by atoms with Crippen LogP contribution in [0.25, 0.3) is 27.9 Å². The van der Waals surface area contributed by atoms with E-state index in [9.17, 15) is 9.18 Å². The van der Waals surface area contributed by atoms with Crippen molar-refractivity contribution >= 4 is 28.4 Å². The van der Waals surface area contributed by atoms with E-state index in [1.807, 2.05) is 24.4 Å². The van der Waals surface area contributed by atoms with Crippen molar-refractivity contribution in [2.24, 2.45) is 0 Å². The summed E-state index contributed by atoms with van der Waals surface area (Å²) in [6, 6.07) is 5.60. The number of fused-ring (bicyclic) bond motifs is 2. The van der Waals surface area contributed by atoms with Gasteiger partial charge in [0.2, 0.25) is 0 Å². The fraction of sp³-hybridized carbons (Fsp3) is 0.364. The third-order valence-electron chi connectivity index (χ3n) is 6.36. The normalized spacial score (nSPS) is 20.8. The number of pyridine rings is 1. The first-order chi connectivity index (χ1) is 15.6. The average molecular weight is 435 g/mol. The number of anilines is 1. The first-order valence-electron chi connectivity index (χ1n) is 10.7. The van der Waals surface area contributed by atoms with E-state index in [1.165, 1.54) is 6.20 Å². The number of aromatic nitrogens is 5. The Labute approximate surface area is 182 Å². The average Bonchev–Trinajstić information content (AvgIpc) is 3.37. The fourth-order valence-electron chi connectivity index (χ4n) is 4.26. The highest BCUT2D eigenvalue weighted by Crippen LogP contribution is 2.34. The number of halogens is 1. The number of carbonyl (C=O) groups is 1. The van der Waals surface area contributed by atoms with Gasteiger partial charge in [-0.15, -0.1) is 0 Å². The molecule has 5 heterocycles. The molecule has 164 valence electrons. The molecule has 1 aliphatic carbocycles. The van der Waals surface area contributed by atoms with E-state index in [1.54, 1.807) is 17.8 Å². The van der Waals surface area contributed by atoms with Crippen LogP contribution >= 0.6 is 0 Å². The van der Waals surface area contributed by atoms with Crippen molar-refractivity contribution in [3.8, 4) is 11.3 Å². The first-order valence-corrected chi connectivity index (χ1v) is 10.7. The zero-order valence-corrected chi connectivity index (χ0v) is 17.5. The fourth-order valence-corrected chi connectivity index (χ4v) is 4.26. The largest absolute Gasteiger partial charge is 0.377 e. The van der Waals surface area contributed by atoms with Gasteiger partial charge in [0, 0.05) is 36.5 Å². The van der Waals surface area contributed by atoms with Gasteiger partial charge in [-0.05, 0) is 25.0 Å². The molecule has 6 rings (SSSR count). The molecular weight excluding hydrogens is 413 g/mol. The first kappa shape index (κ1) is 19.2. The van der Waals surface area contributed by atoms with Crippen molar-refractivity contribution in [2.45, 2.75) is 31.1 Å². The monoisotopic (exact) mass is 435 g/mol. The predicted octanol–water partition coefficient (Wildman–Crippen LogP) is 2.59. The molecule has 2 atom stereocenters. The highest BCUT2D eigenvalue weighted by molar-refractivity contribution is 6.01. The van der Waals surface area contributed by atoms with E-state index >= 15 is 0 Å². The molecule has 9 nitrogen and oxygen atoms in total. The second-order valence-electron chi connectivity index (χ2n) is 8.26. The Balaban J connectivity index is 1.48.